The zero-order chi connectivity index (χ0) is 19.0. The molecule has 0 aliphatic heterocycles. The number of hydrogen-bond acceptors (Lipinski definition) is 4. The maximum Gasteiger partial charge on any atom is 0.454 e. The van der Waals surface area contributed by atoms with Crippen molar-refractivity contribution in [3.8, 4) is 0 Å². The van der Waals surface area contributed by atoms with Crippen LogP contribution < -0.4 is 5.73 Å². The first kappa shape index (κ1) is 20.9. The molecule has 5 nitrogen and oxygen atoms in total. The Balaban J connectivity index is 2.37. The van der Waals surface area contributed by atoms with Gasteiger partial charge in [0, 0.05) is 5.56 Å². The Bertz CT molecular complexity index is 611. The van der Waals surface area contributed by atoms with Crippen LogP contribution in [0.3, 0.4) is 0 Å². The maximum absolute atomic E-state index is 12.3. The summed E-state index contributed by atoms with van der Waals surface area (Å²) >= 11 is 0. The van der Waals surface area contributed by atoms with Crippen molar-refractivity contribution in [1.29, 1.82) is 0 Å². The fourth-order valence-electron chi connectivity index (χ4n) is 2.08. The van der Waals surface area contributed by atoms with Gasteiger partial charge in [0.15, 0.2) is 0 Å². The van der Waals surface area contributed by atoms with Crippen LogP contribution in [0.15, 0.2) is 36.4 Å². The number of Topliss-reactive ketones (excluding diaryl/α,β-unsaturated/α-hetero) is 1. The van der Waals surface area contributed by atoms with Crippen LogP contribution in [-0.4, -0.2) is 40.3 Å². The van der Waals surface area contributed by atoms with Crippen molar-refractivity contribution < 1.29 is 33.0 Å². The molecule has 0 aliphatic carbocycles. The number of aliphatic hydroxyl groups is 1. The van der Waals surface area contributed by atoms with Gasteiger partial charge in [0.05, 0.1) is 6.10 Å². The third kappa shape index (κ3) is 7.06. The number of alkyl halides is 3. The standard InChI is InChI=1S/C17H20F3NO4/c18-17(19,20)15(23)12-9-7-11(8-10-12)5-3-1-2-4-6-13(22)14(21)16(24)25/h1-2,7-10,13-14,22H,3-6,21H2,(H,24,25)/b2-1+. The molecule has 0 bridgehead atoms. The van der Waals surface area contributed by atoms with Crippen LogP contribution in [0.25, 0.3) is 0 Å². The van der Waals surface area contributed by atoms with Crippen molar-refractivity contribution in [3.63, 3.8) is 0 Å². The molecule has 0 aromatic heterocycles. The van der Waals surface area contributed by atoms with E-state index in [2.05, 4.69) is 0 Å². The molecule has 2 unspecified atom stereocenters. The molecule has 0 saturated heterocycles. The van der Waals surface area contributed by atoms with Gasteiger partial charge in [-0.1, -0.05) is 36.4 Å². The fourth-order valence-corrected chi connectivity index (χ4v) is 2.08. The van der Waals surface area contributed by atoms with Crippen LogP contribution in [0.2, 0.25) is 0 Å². The van der Waals surface area contributed by atoms with Crippen LogP contribution in [0.5, 0.6) is 0 Å². The molecule has 0 aliphatic rings. The normalized spacial score (nSPS) is 14.4. The molecule has 0 amide bonds. The highest BCUT2D eigenvalue weighted by Crippen LogP contribution is 2.21. The van der Waals surface area contributed by atoms with E-state index in [1.54, 1.807) is 6.08 Å². The molecular weight excluding hydrogens is 339 g/mol. The number of halogens is 3. The molecule has 8 heteroatoms. The Hall–Kier alpha value is -2.19. The van der Waals surface area contributed by atoms with Crippen molar-refractivity contribution in [2.24, 2.45) is 5.73 Å². The van der Waals surface area contributed by atoms with Gasteiger partial charge in [0.25, 0.3) is 5.78 Å². The highest BCUT2D eigenvalue weighted by Gasteiger charge is 2.39. The number of aliphatic carboxylic acids is 1. The lowest BCUT2D eigenvalue weighted by molar-refractivity contribution is -0.141. The van der Waals surface area contributed by atoms with Crippen molar-refractivity contribution >= 4 is 11.8 Å². The second-order valence-corrected chi connectivity index (χ2v) is 5.54. The summed E-state index contributed by atoms with van der Waals surface area (Å²) in [6.45, 7) is 0. The summed E-state index contributed by atoms with van der Waals surface area (Å²) in [6.07, 6.45) is -0.521. The minimum atomic E-state index is -4.88. The lowest BCUT2D eigenvalue weighted by Crippen LogP contribution is -2.41. The largest absolute Gasteiger partial charge is 0.480 e. The summed E-state index contributed by atoms with van der Waals surface area (Å²) in [4.78, 5) is 21.6. The van der Waals surface area contributed by atoms with E-state index in [0.29, 0.717) is 19.3 Å². The number of rotatable bonds is 9. The zero-order valence-corrected chi connectivity index (χ0v) is 13.4. The summed E-state index contributed by atoms with van der Waals surface area (Å²) in [7, 11) is 0. The number of carboxylic acids is 1. The predicted octanol–water partition coefficient (Wildman–Crippen LogP) is 2.47. The lowest BCUT2D eigenvalue weighted by atomic mass is 10.0. The van der Waals surface area contributed by atoms with Crippen LogP contribution in [0.1, 0.15) is 35.2 Å². The van der Waals surface area contributed by atoms with E-state index < -0.39 is 35.6 Å². The summed E-state index contributed by atoms with van der Waals surface area (Å²) in [5.74, 6) is -3.12. The topological polar surface area (TPSA) is 101 Å². The van der Waals surface area contributed by atoms with Gasteiger partial charge < -0.3 is 15.9 Å². The Morgan fingerprint density at radius 1 is 1.12 bits per heavy atom. The van der Waals surface area contributed by atoms with Crippen molar-refractivity contribution in [2.45, 2.75) is 44.0 Å². The number of carboxylic acid groups (broad SMARTS) is 1. The quantitative estimate of drug-likeness (QED) is 0.464. The van der Waals surface area contributed by atoms with E-state index >= 15 is 0 Å². The molecule has 0 radical (unpaired) electrons. The van der Waals surface area contributed by atoms with Gasteiger partial charge >= 0.3 is 12.1 Å². The summed E-state index contributed by atoms with van der Waals surface area (Å²) in [5, 5.41) is 18.1. The van der Waals surface area contributed by atoms with Crippen molar-refractivity contribution in [3.05, 3.63) is 47.5 Å². The first-order chi connectivity index (χ1) is 11.6. The first-order valence-corrected chi connectivity index (χ1v) is 7.65. The summed E-state index contributed by atoms with van der Waals surface area (Å²) < 4.78 is 36.9. The van der Waals surface area contributed by atoms with E-state index in [9.17, 15) is 27.9 Å². The maximum atomic E-state index is 12.3. The van der Waals surface area contributed by atoms with Crippen LogP contribution in [-0.2, 0) is 11.2 Å². The molecule has 25 heavy (non-hydrogen) atoms. The number of nitrogens with two attached hydrogens (primary N) is 1. The number of carbonyl (C=O) groups is 2. The number of carbonyl (C=O) groups excluding carboxylic acids is 1. The lowest BCUT2D eigenvalue weighted by Gasteiger charge is -2.13. The SMILES string of the molecule is NC(C(=O)O)C(O)CC/C=C/CCc1ccc(C(=O)C(F)(F)F)cc1. The van der Waals surface area contributed by atoms with E-state index in [1.807, 2.05) is 6.08 Å². The molecule has 0 heterocycles. The minimum absolute atomic E-state index is 0.220. The first-order valence-electron chi connectivity index (χ1n) is 7.65. The Morgan fingerprint density at radius 2 is 1.68 bits per heavy atom. The number of benzene rings is 1. The van der Waals surface area contributed by atoms with E-state index in [0.717, 1.165) is 17.7 Å². The molecular formula is C17H20F3NO4. The van der Waals surface area contributed by atoms with E-state index in [1.165, 1.54) is 12.1 Å². The van der Waals surface area contributed by atoms with Gasteiger partial charge in [-0.2, -0.15) is 13.2 Å². The monoisotopic (exact) mass is 359 g/mol. The van der Waals surface area contributed by atoms with Gasteiger partial charge in [-0.3, -0.25) is 9.59 Å². The zero-order valence-electron chi connectivity index (χ0n) is 13.4. The molecule has 1 rings (SSSR count). The van der Waals surface area contributed by atoms with Crippen LogP contribution in [0.4, 0.5) is 13.2 Å². The van der Waals surface area contributed by atoms with Crippen molar-refractivity contribution in [1.82, 2.24) is 0 Å². The number of ketones is 1. The van der Waals surface area contributed by atoms with Gasteiger partial charge in [-0.25, -0.2) is 0 Å². The molecule has 0 spiro atoms. The predicted molar refractivity (Wildman–Crippen MR) is 85.1 cm³/mol. The molecule has 1 aromatic rings. The molecule has 1 aromatic carbocycles. The smallest absolute Gasteiger partial charge is 0.454 e. The average Bonchev–Trinajstić information content (AvgIpc) is 2.56. The molecule has 0 saturated carbocycles. The summed E-state index contributed by atoms with van der Waals surface area (Å²) in [6, 6.07) is 3.94. The highest BCUT2D eigenvalue weighted by atomic mass is 19.4. The molecule has 2 atom stereocenters. The minimum Gasteiger partial charge on any atom is -0.480 e. The fraction of sp³-hybridized carbons (Fsp3) is 0.412. The van der Waals surface area contributed by atoms with Crippen molar-refractivity contribution in [2.75, 3.05) is 0 Å². The number of aliphatic hydroxyl groups excluding tert-OH is 1. The summed E-state index contributed by atoms with van der Waals surface area (Å²) in [5.41, 5.74) is 5.66. The number of aryl methyl sites for hydroxylation is 1. The van der Waals surface area contributed by atoms with Gasteiger partial charge in [0.2, 0.25) is 0 Å². The second-order valence-electron chi connectivity index (χ2n) is 5.54. The van der Waals surface area contributed by atoms with Gasteiger partial charge in [-0.05, 0) is 31.2 Å². The number of hydrogen-bond donors (Lipinski definition) is 3. The third-order valence-corrected chi connectivity index (χ3v) is 3.57. The third-order valence-electron chi connectivity index (χ3n) is 3.57. The van der Waals surface area contributed by atoms with E-state index in [4.69, 9.17) is 10.8 Å². The second kappa shape index (κ2) is 9.33. The number of allylic oxidation sites excluding steroid dienone is 2. The Kier molecular flexibility index (Phi) is 7.79. The molecule has 4 N–H and O–H groups in total. The van der Waals surface area contributed by atoms with Gasteiger partial charge in [0.1, 0.15) is 6.04 Å². The molecule has 0 fully saturated rings. The van der Waals surface area contributed by atoms with Crippen LogP contribution >= 0.6 is 0 Å². The van der Waals surface area contributed by atoms with E-state index in [-0.39, 0.29) is 6.42 Å². The van der Waals surface area contributed by atoms with Crippen LogP contribution in [0, 0.1) is 0 Å². The van der Waals surface area contributed by atoms with Gasteiger partial charge in [-0.15, -0.1) is 0 Å². The Morgan fingerprint density at radius 3 is 2.20 bits per heavy atom. The average molecular weight is 359 g/mol. The molecule has 138 valence electrons. The highest BCUT2D eigenvalue weighted by molar-refractivity contribution is 6.00. The Labute approximate surface area is 143 Å².